The summed E-state index contributed by atoms with van der Waals surface area (Å²) in [5, 5.41) is 0.952. The van der Waals surface area contributed by atoms with Gasteiger partial charge < -0.3 is 19.1 Å². The minimum Gasteiger partial charge on any atom is -0.483 e. The lowest BCUT2D eigenvalue weighted by atomic mass is 10.2. The second-order valence-electron chi connectivity index (χ2n) is 8.29. The Labute approximate surface area is 230 Å². The molecule has 0 N–H and O–H groups in total. The van der Waals surface area contributed by atoms with Crippen molar-refractivity contribution in [2.75, 3.05) is 46.1 Å². The first-order valence-corrected chi connectivity index (χ1v) is 13.4. The molecule has 0 unspecified atom stereocenters. The first kappa shape index (κ1) is 27.7. The predicted molar refractivity (Wildman–Crippen MR) is 147 cm³/mol. The summed E-state index contributed by atoms with van der Waals surface area (Å²) in [5.74, 6) is -0.344. The number of morpholine rings is 1. The van der Waals surface area contributed by atoms with Gasteiger partial charge in [-0.2, -0.15) is 0 Å². The molecule has 2 aromatic rings. The van der Waals surface area contributed by atoms with Crippen LogP contribution < -0.4 is 4.74 Å². The van der Waals surface area contributed by atoms with Gasteiger partial charge in [-0.05, 0) is 68.1 Å². The number of nitrogens with zero attached hydrogens (tertiary/aromatic N) is 3. The van der Waals surface area contributed by atoms with Crippen molar-refractivity contribution in [2.45, 2.75) is 13.8 Å². The van der Waals surface area contributed by atoms with Gasteiger partial charge in [-0.1, -0.05) is 17.7 Å². The zero-order valence-electron chi connectivity index (χ0n) is 21.1. The molecular weight excluding hydrogens is 530 g/mol. The van der Waals surface area contributed by atoms with Gasteiger partial charge >= 0.3 is 5.97 Å². The Morgan fingerprint density at radius 2 is 1.95 bits per heavy atom. The van der Waals surface area contributed by atoms with Crippen LogP contribution in [0.3, 0.4) is 0 Å². The summed E-state index contributed by atoms with van der Waals surface area (Å²) < 4.78 is 16.2. The van der Waals surface area contributed by atoms with Crippen LogP contribution in [0, 0.1) is 0 Å². The fourth-order valence-corrected chi connectivity index (χ4v) is 5.08. The van der Waals surface area contributed by atoms with Crippen molar-refractivity contribution in [3.8, 4) is 5.75 Å². The highest BCUT2D eigenvalue weighted by Crippen LogP contribution is 2.36. The van der Waals surface area contributed by atoms with Gasteiger partial charge in [-0.3, -0.25) is 14.5 Å². The third kappa shape index (κ3) is 6.75. The number of thioether (sulfide) groups is 1. The summed E-state index contributed by atoms with van der Waals surface area (Å²) in [5.41, 5.74) is 1.48. The monoisotopic (exact) mass is 557 g/mol. The molecule has 4 rings (SSSR count). The van der Waals surface area contributed by atoms with Crippen molar-refractivity contribution in [1.82, 2.24) is 9.80 Å². The predicted octanol–water partition coefficient (Wildman–Crippen LogP) is 4.38. The third-order valence-corrected chi connectivity index (χ3v) is 7.00. The number of ether oxygens (including phenoxy) is 3. The lowest BCUT2D eigenvalue weighted by Gasteiger charge is -2.26. The number of aliphatic imine (C=N–C) groups is 1. The smallest absolute Gasteiger partial charge is 0.338 e. The number of amides is 2. The first-order chi connectivity index (χ1) is 18.4. The van der Waals surface area contributed by atoms with Crippen LogP contribution in [0.2, 0.25) is 5.02 Å². The second-order valence-corrected chi connectivity index (χ2v) is 9.73. The average molecular weight is 558 g/mol. The fraction of sp³-hybridized carbons (Fsp3) is 0.333. The van der Waals surface area contributed by atoms with Crippen LogP contribution in [-0.2, 0) is 19.1 Å². The Morgan fingerprint density at radius 3 is 2.68 bits per heavy atom. The number of halogens is 1. The Hall–Kier alpha value is -3.34. The maximum absolute atomic E-state index is 13.2. The molecule has 2 amide bonds. The molecule has 0 aromatic heterocycles. The summed E-state index contributed by atoms with van der Waals surface area (Å²) in [6, 6.07) is 11.8. The lowest BCUT2D eigenvalue weighted by molar-refractivity contribution is -0.137. The summed E-state index contributed by atoms with van der Waals surface area (Å²) in [7, 11) is 0. The summed E-state index contributed by atoms with van der Waals surface area (Å²) >= 11 is 7.45. The van der Waals surface area contributed by atoms with Crippen molar-refractivity contribution in [3.05, 3.63) is 63.5 Å². The van der Waals surface area contributed by atoms with Gasteiger partial charge in [0.25, 0.3) is 11.8 Å². The zero-order chi connectivity index (χ0) is 27.1. The van der Waals surface area contributed by atoms with Crippen molar-refractivity contribution in [2.24, 2.45) is 4.99 Å². The quantitative estimate of drug-likeness (QED) is 0.351. The van der Waals surface area contributed by atoms with E-state index in [9.17, 15) is 14.4 Å². The molecule has 0 atom stereocenters. The number of carbonyl (C=O) groups is 3. The maximum atomic E-state index is 13.2. The van der Waals surface area contributed by atoms with E-state index < -0.39 is 5.97 Å². The normalized spacial score (nSPS) is 17.8. The number of carbonyl (C=O) groups excluding carboxylic acids is 3. The van der Waals surface area contributed by atoms with Gasteiger partial charge in [-0.25, -0.2) is 9.79 Å². The number of hydrogen-bond donors (Lipinski definition) is 0. The molecule has 200 valence electrons. The highest BCUT2D eigenvalue weighted by Gasteiger charge is 2.32. The van der Waals surface area contributed by atoms with Crippen LogP contribution in [0.5, 0.6) is 5.75 Å². The summed E-state index contributed by atoms with van der Waals surface area (Å²) in [6.45, 7) is 6.23. The fourth-order valence-electron chi connectivity index (χ4n) is 3.85. The standard InChI is InChI=1S/C27H28ClN3O6S/c1-3-31-25(33)23(38-27(31)29-21-7-5-6-18(15-21)26(34)36-4-2)16-19-14-20(28)8-9-22(19)37-17-24(32)30-10-12-35-13-11-30/h5-9,14-16H,3-4,10-13,17H2,1-2H3. The lowest BCUT2D eigenvalue weighted by Crippen LogP contribution is -2.43. The van der Waals surface area contributed by atoms with Crippen LogP contribution in [0.1, 0.15) is 29.8 Å². The molecule has 2 fully saturated rings. The molecule has 9 nitrogen and oxygen atoms in total. The van der Waals surface area contributed by atoms with E-state index >= 15 is 0 Å². The Balaban J connectivity index is 1.56. The maximum Gasteiger partial charge on any atom is 0.338 e. The van der Waals surface area contributed by atoms with E-state index in [1.54, 1.807) is 65.3 Å². The van der Waals surface area contributed by atoms with Crippen LogP contribution >= 0.6 is 23.4 Å². The average Bonchev–Trinajstić information content (AvgIpc) is 3.22. The van der Waals surface area contributed by atoms with Crippen molar-refractivity contribution < 1.29 is 28.6 Å². The van der Waals surface area contributed by atoms with Gasteiger partial charge in [-0.15, -0.1) is 0 Å². The molecule has 0 aliphatic carbocycles. The molecule has 2 aliphatic heterocycles. The number of amidine groups is 1. The third-order valence-electron chi connectivity index (χ3n) is 5.76. The van der Waals surface area contributed by atoms with Crippen molar-refractivity contribution >= 4 is 58.1 Å². The Bertz CT molecular complexity index is 1280. The Kier molecular flexibility index (Phi) is 9.43. The molecule has 0 radical (unpaired) electrons. The minimum absolute atomic E-state index is 0.134. The van der Waals surface area contributed by atoms with Gasteiger partial charge in [0.2, 0.25) is 0 Å². The largest absolute Gasteiger partial charge is 0.483 e. The summed E-state index contributed by atoms with van der Waals surface area (Å²) in [4.78, 5) is 46.2. The molecule has 2 aliphatic rings. The molecular formula is C27H28ClN3O6S. The van der Waals surface area contributed by atoms with E-state index in [1.807, 2.05) is 6.92 Å². The first-order valence-electron chi connectivity index (χ1n) is 12.2. The molecule has 11 heteroatoms. The molecule has 2 heterocycles. The number of benzene rings is 2. The van der Waals surface area contributed by atoms with Crippen molar-refractivity contribution in [1.29, 1.82) is 0 Å². The number of esters is 1. The topological polar surface area (TPSA) is 97.7 Å². The van der Waals surface area contributed by atoms with E-state index in [4.69, 9.17) is 25.8 Å². The second kappa shape index (κ2) is 12.9. The zero-order valence-corrected chi connectivity index (χ0v) is 22.7. The van der Waals surface area contributed by atoms with Crippen molar-refractivity contribution in [3.63, 3.8) is 0 Å². The molecule has 2 saturated heterocycles. The van der Waals surface area contributed by atoms with E-state index in [1.165, 1.54) is 11.8 Å². The number of likely N-dealkylation sites (N-methyl/N-ethyl adjacent to an activating group) is 1. The Morgan fingerprint density at radius 1 is 1.16 bits per heavy atom. The van der Waals surface area contributed by atoms with Crippen LogP contribution in [0.15, 0.2) is 52.4 Å². The van der Waals surface area contributed by atoms with Crippen LogP contribution in [0.25, 0.3) is 6.08 Å². The van der Waals surface area contributed by atoms with Crippen LogP contribution in [0.4, 0.5) is 5.69 Å². The summed E-state index contributed by atoms with van der Waals surface area (Å²) in [6.07, 6.45) is 1.69. The minimum atomic E-state index is -0.432. The van der Waals surface area contributed by atoms with E-state index in [0.717, 1.165) is 0 Å². The number of rotatable bonds is 8. The highest BCUT2D eigenvalue weighted by molar-refractivity contribution is 8.18. The van der Waals surface area contributed by atoms with E-state index in [2.05, 4.69) is 4.99 Å². The highest BCUT2D eigenvalue weighted by atomic mass is 35.5. The van der Waals surface area contributed by atoms with Gasteiger partial charge in [0.05, 0.1) is 36.0 Å². The van der Waals surface area contributed by atoms with Gasteiger partial charge in [0.1, 0.15) is 5.75 Å². The van der Waals surface area contributed by atoms with E-state index in [-0.39, 0.29) is 25.0 Å². The number of hydrogen-bond acceptors (Lipinski definition) is 8. The molecule has 0 spiro atoms. The van der Waals surface area contributed by atoms with Gasteiger partial charge in [0.15, 0.2) is 11.8 Å². The van der Waals surface area contributed by atoms with Crippen LogP contribution in [-0.4, -0.2) is 78.8 Å². The molecule has 2 aromatic carbocycles. The molecule has 0 saturated carbocycles. The molecule has 38 heavy (non-hydrogen) atoms. The molecule has 0 bridgehead atoms. The SMILES string of the molecule is CCOC(=O)c1cccc(N=C2SC(=Cc3cc(Cl)ccc3OCC(=O)N3CCOCC3)C(=O)N2CC)c1. The van der Waals surface area contributed by atoms with E-state index in [0.29, 0.717) is 70.5 Å². The van der Waals surface area contributed by atoms with Gasteiger partial charge in [0, 0.05) is 30.2 Å².